The van der Waals surface area contributed by atoms with Crippen LogP contribution in [0.4, 0.5) is 0 Å². The highest BCUT2D eigenvalue weighted by atomic mass is 16.7. The molecule has 0 heterocycles. The Morgan fingerprint density at radius 3 is 1.12 bits per heavy atom. The van der Waals surface area contributed by atoms with Crippen LogP contribution in [0.15, 0.2) is 0 Å². The molecule has 0 aromatic heterocycles. The van der Waals surface area contributed by atoms with Crippen LogP contribution in [-0.4, -0.2) is 41.0 Å². The molecule has 98 valence electrons. The van der Waals surface area contributed by atoms with Gasteiger partial charge in [0.2, 0.25) is 0 Å². The molecule has 0 bridgehead atoms. The molecule has 0 aliphatic heterocycles. The van der Waals surface area contributed by atoms with E-state index in [0.29, 0.717) is 0 Å². The summed E-state index contributed by atoms with van der Waals surface area (Å²) >= 11 is 0. The lowest BCUT2D eigenvalue weighted by atomic mass is 10.1. The summed E-state index contributed by atoms with van der Waals surface area (Å²) in [5.41, 5.74) is 0. The van der Waals surface area contributed by atoms with Crippen LogP contribution in [0.2, 0.25) is 0 Å². The molecule has 4 heteroatoms. The summed E-state index contributed by atoms with van der Waals surface area (Å²) in [6.07, 6.45) is 6.49. The van der Waals surface area contributed by atoms with E-state index in [1.807, 2.05) is 0 Å². The predicted octanol–water partition coefficient (Wildman–Crippen LogP) is 2.56. The van der Waals surface area contributed by atoms with Gasteiger partial charge in [-0.2, -0.15) is 0 Å². The van der Waals surface area contributed by atoms with Crippen LogP contribution in [0.3, 0.4) is 0 Å². The molecule has 0 aromatic rings. The Kier molecular flexibility index (Phi) is 11.2. The van der Waals surface area contributed by atoms with E-state index in [1.54, 1.807) is 28.4 Å². The fourth-order valence-corrected chi connectivity index (χ4v) is 1.64. The summed E-state index contributed by atoms with van der Waals surface area (Å²) in [5, 5.41) is 0. The lowest BCUT2D eigenvalue weighted by Gasteiger charge is -2.14. The Hall–Kier alpha value is -0.160. The Labute approximate surface area is 99.2 Å². The maximum absolute atomic E-state index is 5.12. The molecule has 0 rings (SSSR count). The van der Waals surface area contributed by atoms with Crippen molar-refractivity contribution in [2.45, 2.75) is 51.1 Å². The maximum atomic E-state index is 5.12. The highest BCUT2D eigenvalue weighted by Crippen LogP contribution is 2.11. The van der Waals surface area contributed by atoms with Crippen molar-refractivity contribution >= 4 is 0 Å². The number of ether oxygens (including phenoxy) is 4. The molecule has 0 aliphatic rings. The molecule has 0 aromatic carbocycles. The summed E-state index contributed by atoms with van der Waals surface area (Å²) in [4.78, 5) is 0. The minimum atomic E-state index is -0.0503. The summed E-state index contributed by atoms with van der Waals surface area (Å²) < 4.78 is 20.5. The molecule has 0 spiro atoms. The first-order valence-electron chi connectivity index (χ1n) is 5.89. The minimum Gasteiger partial charge on any atom is -0.356 e. The van der Waals surface area contributed by atoms with Gasteiger partial charge in [0.25, 0.3) is 0 Å². The van der Waals surface area contributed by atoms with Crippen molar-refractivity contribution in [1.29, 1.82) is 0 Å². The van der Waals surface area contributed by atoms with E-state index in [-0.39, 0.29) is 12.6 Å². The molecule has 0 saturated carbocycles. The van der Waals surface area contributed by atoms with Crippen molar-refractivity contribution in [1.82, 2.24) is 0 Å². The van der Waals surface area contributed by atoms with Crippen molar-refractivity contribution in [3.63, 3.8) is 0 Å². The van der Waals surface area contributed by atoms with Gasteiger partial charge in [-0.1, -0.05) is 12.8 Å². The van der Waals surface area contributed by atoms with E-state index >= 15 is 0 Å². The molecular weight excluding hydrogens is 208 g/mol. The summed E-state index contributed by atoms with van der Waals surface area (Å²) in [6, 6.07) is 0. The number of rotatable bonds is 11. The Bertz CT molecular complexity index is 117. The quantitative estimate of drug-likeness (QED) is 0.407. The monoisotopic (exact) mass is 234 g/mol. The number of hydrogen-bond donors (Lipinski definition) is 0. The van der Waals surface area contributed by atoms with Crippen molar-refractivity contribution in [2.24, 2.45) is 0 Å². The van der Waals surface area contributed by atoms with Crippen molar-refractivity contribution in [2.75, 3.05) is 28.4 Å². The van der Waals surface area contributed by atoms with Crippen LogP contribution >= 0.6 is 0 Å². The SMILES string of the molecule is COC(CCCCCCC(OC)OC)OC. The zero-order valence-corrected chi connectivity index (χ0v) is 11.0. The van der Waals surface area contributed by atoms with E-state index in [4.69, 9.17) is 18.9 Å². The van der Waals surface area contributed by atoms with Gasteiger partial charge in [0.1, 0.15) is 0 Å². The van der Waals surface area contributed by atoms with E-state index < -0.39 is 0 Å². The maximum Gasteiger partial charge on any atom is 0.156 e. The first kappa shape index (κ1) is 15.8. The zero-order chi connectivity index (χ0) is 12.2. The van der Waals surface area contributed by atoms with Gasteiger partial charge in [0.05, 0.1) is 0 Å². The fraction of sp³-hybridized carbons (Fsp3) is 1.00. The van der Waals surface area contributed by atoms with Gasteiger partial charge in [0.15, 0.2) is 12.6 Å². The van der Waals surface area contributed by atoms with Crippen molar-refractivity contribution in [3.05, 3.63) is 0 Å². The van der Waals surface area contributed by atoms with Gasteiger partial charge in [-0.15, -0.1) is 0 Å². The lowest BCUT2D eigenvalue weighted by molar-refractivity contribution is -0.109. The van der Waals surface area contributed by atoms with E-state index in [1.165, 1.54) is 12.8 Å². The van der Waals surface area contributed by atoms with Crippen LogP contribution in [0.25, 0.3) is 0 Å². The molecule has 0 radical (unpaired) electrons. The Morgan fingerprint density at radius 1 is 0.562 bits per heavy atom. The molecule has 0 saturated heterocycles. The van der Waals surface area contributed by atoms with Crippen molar-refractivity contribution in [3.8, 4) is 0 Å². The number of unbranched alkanes of at least 4 members (excludes halogenated alkanes) is 3. The smallest absolute Gasteiger partial charge is 0.156 e. The number of methoxy groups -OCH3 is 4. The zero-order valence-electron chi connectivity index (χ0n) is 11.0. The molecule has 4 nitrogen and oxygen atoms in total. The largest absolute Gasteiger partial charge is 0.356 e. The predicted molar refractivity (Wildman–Crippen MR) is 63.3 cm³/mol. The summed E-state index contributed by atoms with van der Waals surface area (Å²) in [7, 11) is 6.71. The molecule has 0 fully saturated rings. The highest BCUT2D eigenvalue weighted by Gasteiger charge is 2.05. The second kappa shape index (κ2) is 11.3. The van der Waals surface area contributed by atoms with Gasteiger partial charge in [-0.25, -0.2) is 0 Å². The topological polar surface area (TPSA) is 36.9 Å². The third kappa shape index (κ3) is 8.05. The second-order valence-electron chi connectivity index (χ2n) is 3.79. The van der Waals surface area contributed by atoms with Crippen LogP contribution in [-0.2, 0) is 18.9 Å². The minimum absolute atomic E-state index is 0.0503. The van der Waals surface area contributed by atoms with Gasteiger partial charge < -0.3 is 18.9 Å². The van der Waals surface area contributed by atoms with E-state index in [2.05, 4.69) is 0 Å². The average Bonchev–Trinajstić information content (AvgIpc) is 2.33. The van der Waals surface area contributed by atoms with Crippen LogP contribution in [0.1, 0.15) is 38.5 Å². The fourth-order valence-electron chi connectivity index (χ4n) is 1.64. The second-order valence-corrected chi connectivity index (χ2v) is 3.79. The average molecular weight is 234 g/mol. The molecule has 0 aliphatic carbocycles. The van der Waals surface area contributed by atoms with Crippen LogP contribution in [0, 0.1) is 0 Å². The van der Waals surface area contributed by atoms with E-state index in [0.717, 1.165) is 25.7 Å². The first-order chi connectivity index (χ1) is 7.78. The number of hydrogen-bond acceptors (Lipinski definition) is 4. The molecule has 0 amide bonds. The van der Waals surface area contributed by atoms with Crippen molar-refractivity contribution < 1.29 is 18.9 Å². The van der Waals surface area contributed by atoms with Gasteiger partial charge in [-0.3, -0.25) is 0 Å². The molecule has 0 N–H and O–H groups in total. The highest BCUT2D eigenvalue weighted by molar-refractivity contribution is 4.50. The first-order valence-corrected chi connectivity index (χ1v) is 5.89. The van der Waals surface area contributed by atoms with Gasteiger partial charge >= 0.3 is 0 Å². The molecular formula is C12H26O4. The van der Waals surface area contributed by atoms with Crippen LogP contribution < -0.4 is 0 Å². The Balaban J connectivity index is 3.26. The van der Waals surface area contributed by atoms with Gasteiger partial charge in [0, 0.05) is 28.4 Å². The standard InChI is InChI=1S/C12H26O4/c1-13-11(14-2)9-7-5-6-8-10-12(15-3)16-4/h11-12H,5-10H2,1-4H3. The van der Waals surface area contributed by atoms with Crippen LogP contribution in [0.5, 0.6) is 0 Å². The third-order valence-electron chi connectivity index (χ3n) is 2.68. The Morgan fingerprint density at radius 2 is 0.875 bits per heavy atom. The molecule has 0 atom stereocenters. The summed E-state index contributed by atoms with van der Waals surface area (Å²) in [6.45, 7) is 0. The normalized spacial score (nSPS) is 11.6. The molecule has 16 heavy (non-hydrogen) atoms. The van der Waals surface area contributed by atoms with E-state index in [9.17, 15) is 0 Å². The lowest BCUT2D eigenvalue weighted by Crippen LogP contribution is -2.13. The molecule has 0 unspecified atom stereocenters. The van der Waals surface area contributed by atoms with Gasteiger partial charge in [-0.05, 0) is 25.7 Å². The summed E-state index contributed by atoms with van der Waals surface area (Å²) in [5.74, 6) is 0. The third-order valence-corrected chi connectivity index (χ3v) is 2.68.